The molecule has 4 aromatic heterocycles. The van der Waals surface area contributed by atoms with Crippen molar-refractivity contribution in [3.05, 3.63) is 89.2 Å². The van der Waals surface area contributed by atoms with Crippen LogP contribution in [-0.4, -0.2) is 36.0 Å². The summed E-state index contributed by atoms with van der Waals surface area (Å²) in [6.07, 6.45) is 6.16. The molecule has 166 valence electrons. The van der Waals surface area contributed by atoms with E-state index in [-0.39, 0.29) is 6.04 Å². The molecule has 6 nitrogen and oxygen atoms in total. The molecule has 0 bridgehead atoms. The van der Waals surface area contributed by atoms with Crippen LogP contribution in [0.3, 0.4) is 0 Å². The standard InChI is InChI=1S/C25H23FN6S/c1-15(17-12-29-32-13-16(25(2,3)26)8-9-20(17)32)31-11-10-19-22(28-14-27-19)23(31)24-30-18-6-4-5-7-21(18)33-24/h4-9,12-14,23H,1,10-11H2,2-3H3,(H,27,28)/t23-/m0/s1. The molecule has 6 rings (SSSR count). The van der Waals surface area contributed by atoms with Crippen molar-refractivity contribution in [2.45, 2.75) is 32.0 Å². The highest BCUT2D eigenvalue weighted by molar-refractivity contribution is 7.18. The van der Waals surface area contributed by atoms with Gasteiger partial charge in [0.05, 0.1) is 34.0 Å². The lowest BCUT2D eigenvalue weighted by molar-refractivity contribution is 0.220. The molecule has 0 amide bonds. The molecule has 8 heteroatoms. The van der Waals surface area contributed by atoms with Gasteiger partial charge in [0, 0.05) is 41.7 Å². The van der Waals surface area contributed by atoms with Crippen LogP contribution in [0.25, 0.3) is 21.4 Å². The van der Waals surface area contributed by atoms with Gasteiger partial charge in [-0.2, -0.15) is 5.10 Å². The number of aromatic nitrogens is 5. The van der Waals surface area contributed by atoms with Gasteiger partial charge in [0.25, 0.3) is 0 Å². The average Bonchev–Trinajstić information content (AvgIpc) is 3.54. The number of aromatic amines is 1. The van der Waals surface area contributed by atoms with Gasteiger partial charge in [-0.1, -0.05) is 24.8 Å². The molecule has 1 N–H and O–H groups in total. The first-order chi connectivity index (χ1) is 15.9. The highest BCUT2D eigenvalue weighted by Crippen LogP contribution is 2.41. The van der Waals surface area contributed by atoms with Gasteiger partial charge in [-0.3, -0.25) is 0 Å². The van der Waals surface area contributed by atoms with Crippen LogP contribution < -0.4 is 0 Å². The second kappa shape index (κ2) is 7.25. The maximum absolute atomic E-state index is 14.5. The van der Waals surface area contributed by atoms with E-state index in [2.05, 4.69) is 32.6 Å². The smallest absolute Gasteiger partial charge is 0.131 e. The van der Waals surface area contributed by atoms with Gasteiger partial charge in [-0.05, 0) is 32.0 Å². The Morgan fingerprint density at radius 2 is 2.09 bits per heavy atom. The minimum atomic E-state index is -1.43. The SMILES string of the molecule is C=C(c1cnn2cc(C(C)(C)F)ccc12)N1CCc2[nH]cnc2[C@H]1c1nc2ccccc2s1. The van der Waals surface area contributed by atoms with E-state index < -0.39 is 5.67 Å². The molecular weight excluding hydrogens is 435 g/mol. The maximum atomic E-state index is 14.5. The van der Waals surface area contributed by atoms with E-state index in [0.29, 0.717) is 5.56 Å². The summed E-state index contributed by atoms with van der Waals surface area (Å²) in [6, 6.07) is 11.8. The molecule has 33 heavy (non-hydrogen) atoms. The topological polar surface area (TPSA) is 62.1 Å². The molecule has 1 aromatic carbocycles. The molecule has 1 aliphatic heterocycles. The summed E-state index contributed by atoms with van der Waals surface area (Å²) in [4.78, 5) is 15.2. The van der Waals surface area contributed by atoms with Crippen molar-refractivity contribution < 1.29 is 4.39 Å². The van der Waals surface area contributed by atoms with Crippen LogP contribution in [0.2, 0.25) is 0 Å². The Kier molecular flexibility index (Phi) is 4.42. The van der Waals surface area contributed by atoms with Crippen LogP contribution in [-0.2, 0) is 12.1 Å². The van der Waals surface area contributed by atoms with Crippen LogP contribution in [0, 0.1) is 0 Å². The van der Waals surface area contributed by atoms with E-state index in [1.54, 1.807) is 42.2 Å². The van der Waals surface area contributed by atoms with Crippen molar-refractivity contribution in [3.8, 4) is 0 Å². The lowest BCUT2D eigenvalue weighted by Gasteiger charge is -2.36. The lowest BCUT2D eigenvalue weighted by Crippen LogP contribution is -2.34. The number of benzene rings is 1. The number of halogens is 1. The fourth-order valence-corrected chi connectivity index (χ4v) is 5.62. The Hall–Kier alpha value is -3.52. The number of H-pyrrole nitrogens is 1. The highest BCUT2D eigenvalue weighted by atomic mass is 32.1. The Labute approximate surface area is 194 Å². The predicted octanol–water partition coefficient (Wildman–Crippen LogP) is 5.49. The number of fused-ring (bicyclic) bond motifs is 3. The van der Waals surface area contributed by atoms with E-state index in [1.807, 2.05) is 36.5 Å². The number of hydrogen-bond donors (Lipinski definition) is 1. The zero-order valence-electron chi connectivity index (χ0n) is 18.4. The first-order valence-corrected chi connectivity index (χ1v) is 11.7. The van der Waals surface area contributed by atoms with E-state index in [0.717, 1.165) is 56.4 Å². The number of thiazole rings is 1. The summed E-state index contributed by atoms with van der Waals surface area (Å²) in [5.41, 5.74) is 4.93. The number of hydrogen-bond acceptors (Lipinski definition) is 5. The number of nitrogens with one attached hydrogen (secondary N) is 1. The van der Waals surface area contributed by atoms with Gasteiger partial charge in [0.1, 0.15) is 16.7 Å². The fraction of sp³-hybridized carbons (Fsp3) is 0.240. The first-order valence-electron chi connectivity index (χ1n) is 10.9. The molecule has 0 unspecified atom stereocenters. The average molecular weight is 459 g/mol. The zero-order chi connectivity index (χ0) is 22.7. The van der Waals surface area contributed by atoms with Crippen LogP contribution in [0.5, 0.6) is 0 Å². The summed E-state index contributed by atoms with van der Waals surface area (Å²) in [6.45, 7) is 8.35. The third kappa shape index (κ3) is 3.24. The molecule has 1 atom stereocenters. The summed E-state index contributed by atoms with van der Waals surface area (Å²) >= 11 is 1.69. The Morgan fingerprint density at radius 3 is 2.91 bits per heavy atom. The van der Waals surface area contributed by atoms with Crippen LogP contribution in [0.15, 0.2) is 61.7 Å². The minimum Gasteiger partial charge on any atom is -0.356 e. The quantitative estimate of drug-likeness (QED) is 0.387. The van der Waals surface area contributed by atoms with Gasteiger partial charge in [-0.25, -0.2) is 18.9 Å². The normalized spacial score (nSPS) is 16.5. The van der Waals surface area contributed by atoms with Crippen molar-refractivity contribution in [3.63, 3.8) is 0 Å². The van der Waals surface area contributed by atoms with E-state index in [9.17, 15) is 4.39 Å². The predicted molar refractivity (Wildman–Crippen MR) is 129 cm³/mol. The minimum absolute atomic E-state index is 0.135. The zero-order valence-corrected chi connectivity index (χ0v) is 19.2. The first kappa shape index (κ1) is 20.1. The number of imidazole rings is 1. The molecular formula is C25H23FN6S. The molecule has 5 aromatic rings. The molecule has 1 aliphatic rings. The van der Waals surface area contributed by atoms with Crippen molar-refractivity contribution in [1.82, 2.24) is 29.5 Å². The van der Waals surface area contributed by atoms with Gasteiger partial charge in [-0.15, -0.1) is 11.3 Å². The van der Waals surface area contributed by atoms with Gasteiger partial charge < -0.3 is 9.88 Å². The van der Waals surface area contributed by atoms with Gasteiger partial charge in [0.2, 0.25) is 0 Å². The molecule has 0 spiro atoms. The largest absolute Gasteiger partial charge is 0.356 e. The number of pyridine rings is 1. The molecule has 5 heterocycles. The van der Waals surface area contributed by atoms with Crippen LogP contribution in [0.1, 0.15) is 47.4 Å². The second-order valence-electron chi connectivity index (χ2n) is 8.86. The second-order valence-corrected chi connectivity index (χ2v) is 9.92. The summed E-state index contributed by atoms with van der Waals surface area (Å²) < 4.78 is 17.3. The number of para-hydroxylation sites is 1. The Bertz CT molecular complexity index is 1470. The molecule has 0 saturated carbocycles. The molecule has 0 radical (unpaired) electrons. The van der Waals surface area contributed by atoms with Gasteiger partial charge >= 0.3 is 0 Å². The summed E-state index contributed by atoms with van der Waals surface area (Å²) in [5, 5.41) is 5.49. The van der Waals surface area contributed by atoms with E-state index in [4.69, 9.17) is 4.98 Å². The monoisotopic (exact) mass is 458 g/mol. The van der Waals surface area contributed by atoms with Crippen LogP contribution >= 0.6 is 11.3 Å². The van der Waals surface area contributed by atoms with E-state index in [1.165, 1.54) is 0 Å². The van der Waals surface area contributed by atoms with E-state index >= 15 is 0 Å². The molecule has 0 saturated heterocycles. The number of alkyl halides is 1. The van der Waals surface area contributed by atoms with Crippen LogP contribution in [0.4, 0.5) is 4.39 Å². The third-order valence-corrected chi connectivity index (χ3v) is 7.42. The van der Waals surface area contributed by atoms with Crippen molar-refractivity contribution in [2.24, 2.45) is 0 Å². The van der Waals surface area contributed by atoms with Crippen molar-refractivity contribution in [2.75, 3.05) is 6.54 Å². The Morgan fingerprint density at radius 1 is 1.24 bits per heavy atom. The third-order valence-electron chi connectivity index (χ3n) is 6.33. The summed E-state index contributed by atoms with van der Waals surface area (Å²) in [7, 11) is 0. The number of nitrogens with zero attached hydrogens (tertiary/aromatic N) is 5. The summed E-state index contributed by atoms with van der Waals surface area (Å²) in [5.74, 6) is 0. The Balaban J connectivity index is 1.44. The van der Waals surface area contributed by atoms with Crippen molar-refractivity contribution in [1.29, 1.82) is 0 Å². The number of rotatable bonds is 4. The van der Waals surface area contributed by atoms with Crippen molar-refractivity contribution >= 4 is 32.8 Å². The maximum Gasteiger partial charge on any atom is 0.131 e. The lowest BCUT2D eigenvalue weighted by atomic mass is 10.00. The highest BCUT2D eigenvalue weighted by Gasteiger charge is 2.35. The molecule has 0 aliphatic carbocycles. The fourth-order valence-electron chi connectivity index (χ4n) is 4.54. The molecule has 0 fully saturated rings. The van der Waals surface area contributed by atoms with Gasteiger partial charge in [0.15, 0.2) is 0 Å².